The van der Waals surface area contributed by atoms with Crippen molar-refractivity contribution in [2.75, 3.05) is 63.2 Å². The molecule has 1 amide bonds. The molecule has 1 N–H and O–H groups in total. The van der Waals surface area contributed by atoms with Gasteiger partial charge in [-0.25, -0.2) is 0 Å². The van der Waals surface area contributed by atoms with Crippen molar-refractivity contribution in [3.05, 3.63) is 59.2 Å². The average molecular weight is 439 g/mol. The van der Waals surface area contributed by atoms with E-state index < -0.39 is 0 Å². The van der Waals surface area contributed by atoms with E-state index in [2.05, 4.69) is 31.4 Å². The van der Waals surface area contributed by atoms with Crippen LogP contribution >= 0.6 is 11.6 Å². The minimum atomic E-state index is -0.192. The van der Waals surface area contributed by atoms with Crippen molar-refractivity contribution in [1.29, 1.82) is 0 Å². The Kier molecular flexibility index (Phi) is 6.53. The molecule has 0 saturated carbocycles. The van der Waals surface area contributed by atoms with E-state index in [1.165, 1.54) is 0 Å². The Morgan fingerprint density at radius 3 is 2.42 bits per heavy atom. The fourth-order valence-electron chi connectivity index (χ4n) is 3.82. The first-order valence-corrected chi connectivity index (χ1v) is 10.8. The zero-order chi connectivity index (χ0) is 21.8. The van der Waals surface area contributed by atoms with Crippen LogP contribution in [0.15, 0.2) is 48.5 Å². The summed E-state index contributed by atoms with van der Waals surface area (Å²) in [7, 11) is 3.95. The molecule has 4 rings (SSSR count). The molecule has 0 aliphatic carbocycles. The van der Waals surface area contributed by atoms with Crippen LogP contribution in [0, 0.1) is 0 Å². The third-order valence-electron chi connectivity index (χ3n) is 5.48. The Hall–Kier alpha value is -2.90. The van der Waals surface area contributed by atoms with E-state index in [9.17, 15) is 4.79 Å². The number of amides is 1. The van der Waals surface area contributed by atoms with E-state index in [4.69, 9.17) is 11.6 Å². The van der Waals surface area contributed by atoms with Gasteiger partial charge in [0.05, 0.1) is 0 Å². The monoisotopic (exact) mass is 438 g/mol. The summed E-state index contributed by atoms with van der Waals surface area (Å²) in [5.41, 5.74) is 1.50. The van der Waals surface area contributed by atoms with Gasteiger partial charge in [0.2, 0.25) is 0 Å². The highest BCUT2D eigenvalue weighted by Gasteiger charge is 2.23. The number of anilines is 2. The van der Waals surface area contributed by atoms with E-state index in [0.29, 0.717) is 12.2 Å². The van der Waals surface area contributed by atoms with E-state index in [0.717, 1.165) is 60.0 Å². The zero-order valence-electron chi connectivity index (χ0n) is 17.9. The molecular formula is C23H27ClN6O. The molecule has 0 atom stereocenters. The molecule has 31 heavy (non-hydrogen) atoms. The van der Waals surface area contributed by atoms with E-state index in [1.54, 1.807) is 0 Å². The van der Waals surface area contributed by atoms with Gasteiger partial charge in [-0.15, -0.1) is 10.2 Å². The first-order valence-electron chi connectivity index (χ1n) is 10.5. The number of rotatable bonds is 6. The van der Waals surface area contributed by atoms with Crippen LogP contribution in [-0.2, 0) is 0 Å². The lowest BCUT2D eigenvalue weighted by Gasteiger charge is -2.37. The first-order chi connectivity index (χ1) is 15.0. The molecule has 1 aromatic heterocycles. The van der Waals surface area contributed by atoms with Crippen molar-refractivity contribution >= 4 is 39.8 Å². The number of nitrogens with one attached hydrogen (secondary N) is 1. The third kappa shape index (κ3) is 4.89. The van der Waals surface area contributed by atoms with Crippen LogP contribution in [-0.4, -0.2) is 74.4 Å². The molecule has 1 aliphatic rings. The number of halogens is 1. The number of carbonyl (C=O) groups is 1. The number of carbonyl (C=O) groups excluding carboxylic acids is 1. The number of piperazine rings is 1. The second-order valence-corrected chi connectivity index (χ2v) is 8.37. The minimum absolute atomic E-state index is 0.192. The van der Waals surface area contributed by atoms with Gasteiger partial charge >= 0.3 is 0 Å². The van der Waals surface area contributed by atoms with Crippen molar-refractivity contribution in [3.8, 4) is 0 Å². The molecule has 1 fully saturated rings. The summed E-state index contributed by atoms with van der Waals surface area (Å²) in [6.45, 7) is 4.70. The normalized spacial score (nSPS) is 14.3. The first kappa shape index (κ1) is 21.3. The number of fused-ring (bicyclic) bond motifs is 1. The van der Waals surface area contributed by atoms with E-state index >= 15 is 0 Å². The number of hydrogen-bond donors (Lipinski definition) is 1. The Morgan fingerprint density at radius 2 is 1.71 bits per heavy atom. The van der Waals surface area contributed by atoms with Crippen molar-refractivity contribution < 1.29 is 4.79 Å². The van der Waals surface area contributed by atoms with Gasteiger partial charge in [0.1, 0.15) is 0 Å². The molecular weight excluding hydrogens is 412 g/mol. The summed E-state index contributed by atoms with van der Waals surface area (Å²) in [6.07, 6.45) is 0. The Balaban J connectivity index is 1.52. The lowest BCUT2D eigenvalue weighted by Crippen LogP contribution is -2.47. The molecule has 0 radical (unpaired) electrons. The van der Waals surface area contributed by atoms with Crippen LogP contribution < -0.4 is 15.1 Å². The lowest BCUT2D eigenvalue weighted by atomic mass is 10.1. The molecule has 0 unspecified atom stereocenters. The smallest absolute Gasteiger partial charge is 0.272 e. The summed E-state index contributed by atoms with van der Waals surface area (Å²) < 4.78 is 0. The standard InChI is InChI=1S/C23H27ClN6O/c1-28(2)11-10-25-23(31)21-19-8-3-4-9-20(19)22(27-26-21)30-14-12-29(13-15-30)18-7-5-6-17(24)16-18/h3-9,16H,10-15H2,1-2H3,(H,25,31). The van der Waals surface area contributed by atoms with Crippen LogP contribution in [0.1, 0.15) is 10.5 Å². The molecule has 2 aromatic carbocycles. The predicted molar refractivity (Wildman–Crippen MR) is 126 cm³/mol. The molecule has 162 valence electrons. The zero-order valence-corrected chi connectivity index (χ0v) is 18.6. The van der Waals surface area contributed by atoms with Gasteiger partial charge < -0.3 is 20.0 Å². The Bertz CT molecular complexity index is 1060. The molecule has 0 spiro atoms. The van der Waals surface area contributed by atoms with Gasteiger partial charge in [-0.1, -0.05) is 41.9 Å². The molecule has 0 bridgehead atoms. The highest BCUT2D eigenvalue weighted by molar-refractivity contribution is 6.30. The van der Waals surface area contributed by atoms with Gasteiger partial charge in [0.15, 0.2) is 11.5 Å². The SMILES string of the molecule is CN(C)CCNC(=O)c1nnc(N2CCN(c3cccc(Cl)c3)CC2)c2ccccc12. The number of aromatic nitrogens is 2. The predicted octanol–water partition coefficient (Wildman–Crippen LogP) is 2.90. The molecule has 1 saturated heterocycles. The fourth-order valence-corrected chi connectivity index (χ4v) is 4.00. The van der Waals surface area contributed by atoms with Crippen molar-refractivity contribution in [3.63, 3.8) is 0 Å². The topological polar surface area (TPSA) is 64.6 Å². The lowest BCUT2D eigenvalue weighted by molar-refractivity contribution is 0.0947. The van der Waals surface area contributed by atoms with Gasteiger partial charge in [-0.3, -0.25) is 4.79 Å². The van der Waals surface area contributed by atoms with E-state index in [-0.39, 0.29) is 5.91 Å². The van der Waals surface area contributed by atoms with Crippen LogP contribution in [0.4, 0.5) is 11.5 Å². The van der Waals surface area contributed by atoms with E-state index in [1.807, 2.05) is 61.5 Å². The number of nitrogens with zero attached hydrogens (tertiary/aromatic N) is 5. The number of likely N-dealkylation sites (N-methyl/N-ethyl adjacent to an activating group) is 1. The Labute approximate surface area is 187 Å². The molecule has 3 aromatic rings. The summed E-state index contributed by atoms with van der Waals surface area (Å²) >= 11 is 6.15. The largest absolute Gasteiger partial charge is 0.368 e. The maximum absolute atomic E-state index is 12.7. The second-order valence-electron chi connectivity index (χ2n) is 7.93. The minimum Gasteiger partial charge on any atom is -0.368 e. The maximum Gasteiger partial charge on any atom is 0.272 e. The average Bonchev–Trinajstić information content (AvgIpc) is 2.78. The summed E-state index contributed by atoms with van der Waals surface area (Å²) in [6, 6.07) is 15.8. The van der Waals surface area contributed by atoms with Gasteiger partial charge in [0, 0.05) is 60.8 Å². The molecule has 2 heterocycles. The molecule has 8 heteroatoms. The molecule has 7 nitrogen and oxygen atoms in total. The summed E-state index contributed by atoms with van der Waals surface area (Å²) in [5, 5.41) is 14.3. The second kappa shape index (κ2) is 9.49. The number of hydrogen-bond acceptors (Lipinski definition) is 6. The fraction of sp³-hybridized carbons (Fsp3) is 0.348. The van der Waals surface area contributed by atoms with Crippen molar-refractivity contribution in [1.82, 2.24) is 20.4 Å². The van der Waals surface area contributed by atoms with Crippen LogP contribution in [0.5, 0.6) is 0 Å². The van der Waals surface area contributed by atoms with Gasteiger partial charge in [-0.2, -0.15) is 0 Å². The third-order valence-corrected chi connectivity index (χ3v) is 5.72. The van der Waals surface area contributed by atoms with Crippen LogP contribution in [0.2, 0.25) is 5.02 Å². The van der Waals surface area contributed by atoms with Crippen LogP contribution in [0.3, 0.4) is 0 Å². The Morgan fingerprint density at radius 1 is 1.00 bits per heavy atom. The van der Waals surface area contributed by atoms with Gasteiger partial charge in [-0.05, 0) is 32.3 Å². The highest BCUT2D eigenvalue weighted by atomic mass is 35.5. The number of benzene rings is 2. The maximum atomic E-state index is 12.7. The van der Waals surface area contributed by atoms with Crippen LogP contribution in [0.25, 0.3) is 10.8 Å². The highest BCUT2D eigenvalue weighted by Crippen LogP contribution is 2.28. The van der Waals surface area contributed by atoms with Crippen molar-refractivity contribution in [2.24, 2.45) is 0 Å². The quantitative estimate of drug-likeness (QED) is 0.638. The summed E-state index contributed by atoms with van der Waals surface area (Å²) in [5.74, 6) is 0.633. The van der Waals surface area contributed by atoms with Gasteiger partial charge in [0.25, 0.3) is 5.91 Å². The van der Waals surface area contributed by atoms with Crippen molar-refractivity contribution in [2.45, 2.75) is 0 Å². The summed E-state index contributed by atoms with van der Waals surface area (Å²) in [4.78, 5) is 19.3. The molecule has 1 aliphatic heterocycles.